The quantitative estimate of drug-likeness (QED) is 0.181. The molecule has 3 nitrogen and oxygen atoms in total. The van der Waals surface area contributed by atoms with E-state index in [1.807, 2.05) is 12.1 Å². The molecule has 2 heterocycles. The number of hydrogen-bond acceptors (Lipinski definition) is 3. The summed E-state index contributed by atoms with van der Waals surface area (Å²) in [6, 6.07) is 57.8. The number of nitrogens with zero attached hydrogens (tertiary/aromatic N) is 2. The fourth-order valence-electron chi connectivity index (χ4n) is 7.54. The standard InChI is InChI=1S/C47H34N2O/c1-5-15-34(16-6-1)42-32-43(35-17-7-2-8-18-35)49-46(48-42)36-27-25-33(26-28-36)37-29-30-45-41(31-37)47(38-19-9-3-10-20-38,39-21-11-4-12-22-39)40-23-13-14-24-44(40)50-45/h1-17,19-32,35H,18H2. The third-order valence-corrected chi connectivity index (χ3v) is 9.96. The van der Waals surface area contributed by atoms with Crippen LogP contribution in [0.5, 0.6) is 11.5 Å². The molecule has 9 rings (SSSR count). The third-order valence-electron chi connectivity index (χ3n) is 9.96. The highest BCUT2D eigenvalue weighted by Crippen LogP contribution is 2.55. The van der Waals surface area contributed by atoms with Crippen molar-refractivity contribution in [3.63, 3.8) is 0 Å². The SMILES string of the molecule is C1=CCC(c2cc(-c3ccccc3)nc(-c3ccc(-c4ccc5c(c4)C(c4ccccc4)(c4ccccc4)c4ccccc4O5)cc3)n2)C=C1. The molecule has 1 aliphatic heterocycles. The third kappa shape index (κ3) is 5.15. The van der Waals surface area contributed by atoms with E-state index < -0.39 is 5.41 Å². The molecule has 238 valence electrons. The maximum absolute atomic E-state index is 6.63. The highest BCUT2D eigenvalue weighted by atomic mass is 16.5. The van der Waals surface area contributed by atoms with Crippen LogP contribution < -0.4 is 4.74 Å². The summed E-state index contributed by atoms with van der Waals surface area (Å²) in [6.45, 7) is 0. The summed E-state index contributed by atoms with van der Waals surface area (Å²) < 4.78 is 6.63. The van der Waals surface area contributed by atoms with Crippen LogP contribution >= 0.6 is 0 Å². The van der Waals surface area contributed by atoms with Gasteiger partial charge in [-0.15, -0.1) is 0 Å². The van der Waals surface area contributed by atoms with E-state index in [0.717, 1.165) is 68.5 Å². The van der Waals surface area contributed by atoms with Crippen molar-refractivity contribution in [2.24, 2.45) is 0 Å². The van der Waals surface area contributed by atoms with Crippen molar-refractivity contribution in [1.29, 1.82) is 0 Å². The first-order valence-electron chi connectivity index (χ1n) is 17.2. The molecule has 0 saturated heterocycles. The molecule has 0 saturated carbocycles. The zero-order chi connectivity index (χ0) is 33.3. The molecule has 1 aromatic heterocycles. The van der Waals surface area contributed by atoms with E-state index >= 15 is 0 Å². The molecule has 1 atom stereocenters. The van der Waals surface area contributed by atoms with E-state index in [9.17, 15) is 0 Å². The van der Waals surface area contributed by atoms with Crippen LogP contribution in [0.15, 0.2) is 188 Å². The van der Waals surface area contributed by atoms with Gasteiger partial charge in [0.2, 0.25) is 0 Å². The molecule has 2 aliphatic rings. The summed E-state index contributed by atoms with van der Waals surface area (Å²) in [7, 11) is 0. The first-order chi connectivity index (χ1) is 24.8. The highest BCUT2D eigenvalue weighted by molar-refractivity contribution is 5.76. The molecule has 0 amide bonds. The average Bonchev–Trinajstić information content (AvgIpc) is 3.21. The number of fused-ring (bicyclic) bond motifs is 2. The van der Waals surface area contributed by atoms with E-state index in [2.05, 4.69) is 176 Å². The molecule has 6 aromatic carbocycles. The van der Waals surface area contributed by atoms with Gasteiger partial charge >= 0.3 is 0 Å². The van der Waals surface area contributed by atoms with E-state index in [-0.39, 0.29) is 5.92 Å². The van der Waals surface area contributed by atoms with Crippen LogP contribution in [-0.4, -0.2) is 9.97 Å². The molecule has 0 spiro atoms. The molecule has 0 N–H and O–H groups in total. The number of allylic oxidation sites excluding steroid dienone is 4. The van der Waals surface area contributed by atoms with Gasteiger partial charge in [-0.1, -0.05) is 164 Å². The van der Waals surface area contributed by atoms with Crippen molar-refractivity contribution < 1.29 is 4.74 Å². The van der Waals surface area contributed by atoms with Gasteiger partial charge in [-0.3, -0.25) is 0 Å². The lowest BCUT2D eigenvalue weighted by Gasteiger charge is -2.41. The van der Waals surface area contributed by atoms with Crippen molar-refractivity contribution in [3.05, 3.63) is 216 Å². The number of rotatable bonds is 6. The number of benzene rings is 6. The molecule has 1 aliphatic carbocycles. The Balaban J connectivity index is 1.16. The van der Waals surface area contributed by atoms with Crippen LogP contribution in [0.25, 0.3) is 33.8 Å². The lowest BCUT2D eigenvalue weighted by Crippen LogP contribution is -2.34. The first-order valence-corrected chi connectivity index (χ1v) is 17.2. The smallest absolute Gasteiger partial charge is 0.160 e. The van der Waals surface area contributed by atoms with Crippen LogP contribution in [0, 0.1) is 0 Å². The Morgan fingerprint density at radius 2 is 1.12 bits per heavy atom. The van der Waals surface area contributed by atoms with Crippen LogP contribution in [0.4, 0.5) is 0 Å². The molecule has 1 unspecified atom stereocenters. The van der Waals surface area contributed by atoms with Gasteiger partial charge in [-0.05, 0) is 52.9 Å². The zero-order valence-corrected chi connectivity index (χ0v) is 27.5. The number of para-hydroxylation sites is 1. The lowest BCUT2D eigenvalue weighted by molar-refractivity contribution is 0.434. The Morgan fingerprint density at radius 1 is 0.500 bits per heavy atom. The zero-order valence-electron chi connectivity index (χ0n) is 27.5. The van der Waals surface area contributed by atoms with E-state index in [0.29, 0.717) is 0 Å². The Labute approximate surface area is 292 Å². The minimum Gasteiger partial charge on any atom is -0.457 e. The number of ether oxygens (including phenoxy) is 1. The van der Waals surface area contributed by atoms with Gasteiger partial charge in [-0.25, -0.2) is 9.97 Å². The van der Waals surface area contributed by atoms with Gasteiger partial charge in [0.1, 0.15) is 11.5 Å². The molecule has 0 bridgehead atoms. The Hall–Kier alpha value is -6.32. The summed E-state index contributed by atoms with van der Waals surface area (Å²) in [4.78, 5) is 10.2. The monoisotopic (exact) mass is 642 g/mol. The van der Waals surface area contributed by atoms with Crippen LogP contribution in [0.2, 0.25) is 0 Å². The fourth-order valence-corrected chi connectivity index (χ4v) is 7.54. The predicted octanol–water partition coefficient (Wildman–Crippen LogP) is 11.6. The summed E-state index contributed by atoms with van der Waals surface area (Å²) in [6.07, 6.45) is 9.58. The summed E-state index contributed by atoms with van der Waals surface area (Å²) in [5.41, 5.74) is 10.4. The van der Waals surface area contributed by atoms with E-state index in [4.69, 9.17) is 14.7 Å². The van der Waals surface area contributed by atoms with Gasteiger partial charge in [0, 0.05) is 28.2 Å². The molecular formula is C47H34N2O. The van der Waals surface area contributed by atoms with Crippen molar-refractivity contribution in [3.8, 4) is 45.3 Å². The lowest BCUT2D eigenvalue weighted by atomic mass is 9.63. The second kappa shape index (κ2) is 12.6. The summed E-state index contributed by atoms with van der Waals surface area (Å²) >= 11 is 0. The fraction of sp³-hybridized carbons (Fsp3) is 0.0638. The van der Waals surface area contributed by atoms with Gasteiger partial charge < -0.3 is 4.74 Å². The van der Waals surface area contributed by atoms with E-state index in [1.54, 1.807) is 0 Å². The minimum absolute atomic E-state index is 0.223. The molecular weight excluding hydrogens is 609 g/mol. The number of hydrogen-bond donors (Lipinski definition) is 0. The predicted molar refractivity (Wildman–Crippen MR) is 202 cm³/mol. The largest absolute Gasteiger partial charge is 0.457 e. The highest BCUT2D eigenvalue weighted by Gasteiger charge is 2.45. The molecule has 3 heteroatoms. The van der Waals surface area contributed by atoms with Crippen LogP contribution in [0.1, 0.15) is 40.3 Å². The van der Waals surface area contributed by atoms with Crippen LogP contribution in [-0.2, 0) is 5.41 Å². The van der Waals surface area contributed by atoms with Crippen molar-refractivity contribution in [2.45, 2.75) is 17.8 Å². The summed E-state index contributed by atoms with van der Waals surface area (Å²) in [5, 5.41) is 0. The Bertz CT molecular complexity index is 2320. The average molecular weight is 643 g/mol. The van der Waals surface area contributed by atoms with E-state index in [1.165, 1.54) is 11.1 Å². The summed E-state index contributed by atoms with van der Waals surface area (Å²) in [5.74, 6) is 2.70. The maximum Gasteiger partial charge on any atom is 0.160 e. The van der Waals surface area contributed by atoms with Gasteiger partial charge in [0.25, 0.3) is 0 Å². The minimum atomic E-state index is -0.562. The first kappa shape index (κ1) is 29.8. The van der Waals surface area contributed by atoms with Gasteiger partial charge in [-0.2, -0.15) is 0 Å². The molecule has 0 radical (unpaired) electrons. The molecule has 7 aromatic rings. The number of aromatic nitrogens is 2. The normalized spacial score (nSPS) is 15.5. The Morgan fingerprint density at radius 3 is 1.82 bits per heavy atom. The second-order valence-electron chi connectivity index (χ2n) is 12.9. The van der Waals surface area contributed by atoms with Gasteiger partial charge in [0.15, 0.2) is 5.82 Å². The van der Waals surface area contributed by atoms with Crippen molar-refractivity contribution >= 4 is 0 Å². The van der Waals surface area contributed by atoms with Crippen molar-refractivity contribution in [1.82, 2.24) is 9.97 Å². The molecule has 0 fully saturated rings. The Kier molecular flexibility index (Phi) is 7.51. The van der Waals surface area contributed by atoms with Crippen molar-refractivity contribution in [2.75, 3.05) is 0 Å². The van der Waals surface area contributed by atoms with Crippen LogP contribution in [0.3, 0.4) is 0 Å². The van der Waals surface area contributed by atoms with Gasteiger partial charge in [0.05, 0.1) is 16.8 Å². The maximum atomic E-state index is 6.63. The second-order valence-corrected chi connectivity index (χ2v) is 12.9. The topological polar surface area (TPSA) is 35.0 Å². The molecule has 50 heavy (non-hydrogen) atoms.